The summed E-state index contributed by atoms with van der Waals surface area (Å²) in [5.41, 5.74) is 0.447. The van der Waals surface area contributed by atoms with Gasteiger partial charge in [-0.2, -0.15) is 0 Å². The molecule has 0 aliphatic heterocycles. The van der Waals surface area contributed by atoms with E-state index >= 15 is 0 Å². The van der Waals surface area contributed by atoms with E-state index in [9.17, 15) is 14.9 Å². The van der Waals surface area contributed by atoms with Crippen LogP contribution in [0.5, 0.6) is 0 Å². The maximum atomic E-state index is 12.0. The third-order valence-corrected chi connectivity index (χ3v) is 3.91. The molecular formula is C12H16ClN3O3. The lowest BCUT2D eigenvalue weighted by atomic mass is 10.0. The molecule has 0 bridgehead atoms. The molecule has 2 rings (SSSR count). The van der Waals surface area contributed by atoms with Crippen molar-refractivity contribution in [1.29, 1.82) is 0 Å². The molecule has 1 heterocycles. The second-order valence-corrected chi connectivity index (χ2v) is 5.39. The number of nitrogens with one attached hydrogen (secondary N) is 1. The van der Waals surface area contributed by atoms with Crippen LogP contribution in [-0.2, 0) is 7.05 Å². The zero-order chi connectivity index (χ0) is 14.0. The number of carbonyl (C=O) groups is 1. The summed E-state index contributed by atoms with van der Waals surface area (Å²) in [7, 11) is 1.51. The van der Waals surface area contributed by atoms with Crippen molar-refractivity contribution < 1.29 is 9.72 Å². The summed E-state index contributed by atoms with van der Waals surface area (Å²) in [5, 5.41) is 13.5. The first-order valence-corrected chi connectivity index (χ1v) is 6.67. The number of carbonyl (C=O) groups excluding carboxylic acids is 1. The molecule has 1 fully saturated rings. The topological polar surface area (TPSA) is 77.2 Å². The van der Waals surface area contributed by atoms with Crippen LogP contribution in [0, 0.1) is 15.5 Å². The number of alkyl halides is 1. The van der Waals surface area contributed by atoms with Gasteiger partial charge in [-0.05, 0) is 35.7 Å². The third-order valence-electron chi connectivity index (χ3n) is 3.72. The second-order valence-electron chi connectivity index (χ2n) is 5.01. The average Bonchev–Trinajstić information content (AvgIpc) is 3.01. The lowest BCUT2D eigenvalue weighted by molar-refractivity contribution is -0.391. The van der Waals surface area contributed by atoms with Crippen LogP contribution in [-0.4, -0.2) is 27.8 Å². The minimum atomic E-state index is -0.507. The van der Waals surface area contributed by atoms with Crippen LogP contribution >= 0.6 is 11.6 Å². The summed E-state index contributed by atoms with van der Waals surface area (Å²) < 4.78 is 1.29. The van der Waals surface area contributed by atoms with Crippen LogP contribution < -0.4 is 5.32 Å². The highest BCUT2D eigenvalue weighted by Crippen LogP contribution is 2.48. The zero-order valence-corrected chi connectivity index (χ0v) is 11.4. The Kier molecular flexibility index (Phi) is 3.80. The van der Waals surface area contributed by atoms with E-state index < -0.39 is 4.92 Å². The van der Waals surface area contributed by atoms with E-state index in [0.717, 1.165) is 19.3 Å². The average molecular weight is 286 g/mol. The summed E-state index contributed by atoms with van der Waals surface area (Å²) in [4.78, 5) is 22.2. The Morgan fingerprint density at radius 3 is 2.74 bits per heavy atom. The highest BCUT2D eigenvalue weighted by Gasteiger charge is 2.42. The third kappa shape index (κ3) is 2.89. The molecule has 7 heteroatoms. The molecule has 1 aromatic rings. The van der Waals surface area contributed by atoms with Gasteiger partial charge < -0.3 is 15.4 Å². The van der Waals surface area contributed by atoms with Gasteiger partial charge in [0.2, 0.25) is 0 Å². The number of nitro groups is 1. The van der Waals surface area contributed by atoms with E-state index in [1.807, 2.05) is 0 Å². The Balaban J connectivity index is 1.99. The van der Waals surface area contributed by atoms with Crippen molar-refractivity contribution in [3.05, 3.63) is 27.9 Å². The first-order chi connectivity index (χ1) is 8.99. The fourth-order valence-electron chi connectivity index (χ4n) is 2.16. The van der Waals surface area contributed by atoms with Gasteiger partial charge >= 0.3 is 5.82 Å². The Hall–Kier alpha value is -1.56. The highest BCUT2D eigenvalue weighted by atomic mass is 35.5. The Morgan fingerprint density at radius 2 is 2.26 bits per heavy atom. The minimum Gasteiger partial charge on any atom is -0.358 e. The van der Waals surface area contributed by atoms with E-state index in [0.29, 0.717) is 18.1 Å². The number of nitrogens with zero attached hydrogens (tertiary/aromatic N) is 2. The van der Waals surface area contributed by atoms with Gasteiger partial charge in [-0.1, -0.05) is 0 Å². The molecular weight excluding hydrogens is 270 g/mol. The Labute approximate surface area is 115 Å². The lowest BCUT2D eigenvalue weighted by Crippen LogP contribution is -2.31. The van der Waals surface area contributed by atoms with E-state index in [1.54, 1.807) is 0 Å². The monoisotopic (exact) mass is 285 g/mol. The van der Waals surface area contributed by atoms with Crippen LogP contribution in [0.25, 0.3) is 0 Å². The van der Waals surface area contributed by atoms with Gasteiger partial charge in [-0.15, -0.1) is 11.6 Å². The summed E-state index contributed by atoms with van der Waals surface area (Å²) in [5.74, 6) is 0.217. The van der Waals surface area contributed by atoms with Crippen LogP contribution in [0.3, 0.4) is 0 Å². The predicted octanol–water partition coefficient (Wildman–Crippen LogP) is 2.07. The van der Waals surface area contributed by atoms with Gasteiger partial charge in [0.1, 0.15) is 0 Å². The molecule has 1 aliphatic rings. The highest BCUT2D eigenvalue weighted by molar-refractivity contribution is 6.17. The van der Waals surface area contributed by atoms with Gasteiger partial charge in [0.25, 0.3) is 5.91 Å². The molecule has 19 heavy (non-hydrogen) atoms. The maximum Gasteiger partial charge on any atom is 0.323 e. The second kappa shape index (κ2) is 5.21. The van der Waals surface area contributed by atoms with E-state index in [1.165, 1.54) is 23.7 Å². The SMILES string of the molecule is Cn1c(C(=O)NCC2(CCCl)CC2)ccc1[N+](=O)[O-]. The summed E-state index contributed by atoms with van der Waals surface area (Å²) in [6.45, 7) is 0.581. The number of hydrogen-bond donors (Lipinski definition) is 1. The van der Waals surface area contributed by atoms with Gasteiger partial charge in [0, 0.05) is 18.5 Å². The first-order valence-electron chi connectivity index (χ1n) is 6.13. The summed E-state index contributed by atoms with van der Waals surface area (Å²) >= 11 is 5.73. The lowest BCUT2D eigenvalue weighted by Gasteiger charge is -2.13. The van der Waals surface area contributed by atoms with Gasteiger partial charge in [0.05, 0.1) is 7.05 Å². The molecule has 104 valence electrons. The number of halogens is 1. The molecule has 0 radical (unpaired) electrons. The zero-order valence-electron chi connectivity index (χ0n) is 10.7. The minimum absolute atomic E-state index is 0.0907. The van der Waals surface area contributed by atoms with Crippen molar-refractivity contribution in [2.45, 2.75) is 19.3 Å². The van der Waals surface area contributed by atoms with Crippen LogP contribution in [0.2, 0.25) is 0 Å². The van der Waals surface area contributed by atoms with E-state index in [2.05, 4.69) is 5.32 Å². The fourth-order valence-corrected chi connectivity index (χ4v) is 2.56. The molecule has 1 aliphatic carbocycles. The van der Waals surface area contributed by atoms with Crippen molar-refractivity contribution in [3.63, 3.8) is 0 Å². The van der Waals surface area contributed by atoms with Gasteiger partial charge in [-0.25, -0.2) is 4.57 Å². The fraction of sp³-hybridized carbons (Fsp3) is 0.583. The van der Waals surface area contributed by atoms with Crippen molar-refractivity contribution in [1.82, 2.24) is 9.88 Å². The maximum absolute atomic E-state index is 12.0. The van der Waals surface area contributed by atoms with Crippen molar-refractivity contribution in [2.75, 3.05) is 12.4 Å². The Morgan fingerprint density at radius 1 is 1.58 bits per heavy atom. The number of amides is 1. The summed E-state index contributed by atoms with van der Waals surface area (Å²) in [6.07, 6.45) is 3.04. The van der Waals surface area contributed by atoms with Crippen molar-refractivity contribution >= 4 is 23.3 Å². The molecule has 1 aromatic heterocycles. The van der Waals surface area contributed by atoms with Gasteiger partial charge in [-0.3, -0.25) is 4.79 Å². The normalized spacial score (nSPS) is 16.1. The van der Waals surface area contributed by atoms with Crippen LogP contribution in [0.4, 0.5) is 5.82 Å². The molecule has 0 aromatic carbocycles. The number of rotatable bonds is 6. The molecule has 0 saturated heterocycles. The smallest absolute Gasteiger partial charge is 0.323 e. The Bertz CT molecular complexity index is 508. The van der Waals surface area contributed by atoms with Gasteiger partial charge in [0.15, 0.2) is 5.69 Å². The quantitative estimate of drug-likeness (QED) is 0.494. The van der Waals surface area contributed by atoms with E-state index in [-0.39, 0.29) is 17.1 Å². The molecule has 0 atom stereocenters. The molecule has 6 nitrogen and oxygen atoms in total. The molecule has 0 unspecified atom stereocenters. The molecule has 1 amide bonds. The van der Waals surface area contributed by atoms with Crippen LogP contribution in [0.15, 0.2) is 12.1 Å². The van der Waals surface area contributed by atoms with Crippen molar-refractivity contribution in [2.24, 2.45) is 12.5 Å². The van der Waals surface area contributed by atoms with Crippen LogP contribution in [0.1, 0.15) is 29.8 Å². The molecule has 0 spiro atoms. The van der Waals surface area contributed by atoms with Crippen molar-refractivity contribution in [3.8, 4) is 0 Å². The molecule has 1 saturated carbocycles. The number of hydrogen-bond acceptors (Lipinski definition) is 3. The molecule has 1 N–H and O–H groups in total. The van der Waals surface area contributed by atoms with E-state index in [4.69, 9.17) is 11.6 Å². The largest absolute Gasteiger partial charge is 0.358 e. The summed E-state index contributed by atoms with van der Waals surface area (Å²) in [6, 6.07) is 2.80. The number of aromatic nitrogens is 1. The first kappa shape index (κ1) is 13.9. The predicted molar refractivity (Wildman–Crippen MR) is 71.4 cm³/mol. The standard InChI is InChI=1S/C12H16ClN3O3/c1-15-9(2-3-10(15)16(18)19)11(17)14-8-12(4-5-12)6-7-13/h2-3H,4-8H2,1H3,(H,14,17).